The number of amides is 3. The number of benzene rings is 2. The summed E-state index contributed by atoms with van der Waals surface area (Å²) < 4.78 is 5.09. The monoisotopic (exact) mass is 446 g/mol. The van der Waals surface area contributed by atoms with Gasteiger partial charge < -0.3 is 10.1 Å². The van der Waals surface area contributed by atoms with E-state index < -0.39 is 5.97 Å². The van der Waals surface area contributed by atoms with Crippen LogP contribution in [0.25, 0.3) is 0 Å². The average molecular weight is 447 g/mol. The molecule has 1 aliphatic carbocycles. The summed E-state index contributed by atoms with van der Waals surface area (Å²) in [6.07, 6.45) is 3.98. The molecule has 170 valence electrons. The molecule has 2 aromatic carbocycles. The molecule has 4 rings (SSSR count). The lowest BCUT2D eigenvalue weighted by Crippen LogP contribution is -2.30. The van der Waals surface area contributed by atoms with Crippen molar-refractivity contribution in [1.29, 1.82) is 0 Å². The summed E-state index contributed by atoms with van der Waals surface area (Å²) in [5.74, 6) is -1.69. The first-order chi connectivity index (χ1) is 15.9. The highest BCUT2D eigenvalue weighted by Crippen LogP contribution is 2.39. The molecule has 1 aliphatic heterocycles. The van der Waals surface area contributed by atoms with Gasteiger partial charge in [0.05, 0.1) is 29.7 Å². The summed E-state index contributed by atoms with van der Waals surface area (Å²) in [5, 5.41) is 2.77. The molecule has 0 aromatic heterocycles. The molecule has 0 saturated carbocycles. The Morgan fingerprint density at radius 3 is 2.27 bits per heavy atom. The number of fused-ring (bicyclic) bond motifs is 1. The highest BCUT2D eigenvalue weighted by atomic mass is 16.5. The van der Waals surface area contributed by atoms with Gasteiger partial charge in [0.1, 0.15) is 0 Å². The molecular formula is C26H26N2O5. The van der Waals surface area contributed by atoms with Gasteiger partial charge in [0.2, 0.25) is 11.8 Å². The summed E-state index contributed by atoms with van der Waals surface area (Å²) in [6, 6.07) is 12.9. The van der Waals surface area contributed by atoms with Gasteiger partial charge >= 0.3 is 5.97 Å². The zero-order chi connectivity index (χ0) is 23.5. The van der Waals surface area contributed by atoms with Crippen LogP contribution < -0.4 is 10.2 Å². The Hall–Kier alpha value is -3.74. The molecule has 0 radical (unpaired) electrons. The number of carbonyl (C=O) groups excluding carboxylic acids is 4. The van der Waals surface area contributed by atoms with Gasteiger partial charge in [0, 0.05) is 11.3 Å². The van der Waals surface area contributed by atoms with E-state index in [0.717, 1.165) is 12.0 Å². The predicted octanol–water partition coefficient (Wildman–Crippen LogP) is 4.35. The first-order valence-electron chi connectivity index (χ1n) is 11.1. The van der Waals surface area contributed by atoms with Gasteiger partial charge in [-0.25, -0.2) is 4.79 Å². The second-order valence-electron chi connectivity index (χ2n) is 8.43. The van der Waals surface area contributed by atoms with Crippen LogP contribution >= 0.6 is 0 Å². The smallest absolute Gasteiger partial charge is 0.338 e. The maximum absolute atomic E-state index is 12.9. The van der Waals surface area contributed by atoms with E-state index in [1.807, 2.05) is 19.9 Å². The van der Waals surface area contributed by atoms with Crippen LogP contribution in [0.4, 0.5) is 11.4 Å². The number of anilines is 2. The standard InChI is InChI=1S/C26H26N2O5/c1-3-14-33-26(32)18-5-9-19(10-6-18)27-23(29)17-7-11-20(12-8-17)28-24(30)21-13-4-16(2)15-22(21)25(28)31/h4-12,21-22H,3,13-15H2,1-2H3,(H,27,29)/t21-,22-/m0/s1. The van der Waals surface area contributed by atoms with Crippen LogP contribution in [0.15, 0.2) is 60.2 Å². The fourth-order valence-electron chi connectivity index (χ4n) is 4.22. The topological polar surface area (TPSA) is 92.8 Å². The lowest BCUT2D eigenvalue weighted by atomic mass is 9.82. The maximum atomic E-state index is 12.9. The van der Waals surface area contributed by atoms with Crippen molar-refractivity contribution in [2.24, 2.45) is 11.8 Å². The average Bonchev–Trinajstić information content (AvgIpc) is 3.07. The molecule has 7 heteroatoms. The summed E-state index contributed by atoms with van der Waals surface area (Å²) in [5.41, 5.74) is 2.95. The van der Waals surface area contributed by atoms with Crippen molar-refractivity contribution in [3.8, 4) is 0 Å². The van der Waals surface area contributed by atoms with E-state index in [4.69, 9.17) is 4.74 Å². The minimum absolute atomic E-state index is 0.174. The second kappa shape index (κ2) is 9.40. The van der Waals surface area contributed by atoms with Crippen LogP contribution in [-0.4, -0.2) is 30.3 Å². The molecule has 7 nitrogen and oxygen atoms in total. The first-order valence-corrected chi connectivity index (χ1v) is 11.1. The molecular weight excluding hydrogens is 420 g/mol. The van der Waals surface area contributed by atoms with E-state index in [1.165, 1.54) is 4.90 Å². The minimum atomic E-state index is -0.401. The Morgan fingerprint density at radius 1 is 0.970 bits per heavy atom. The lowest BCUT2D eigenvalue weighted by Gasteiger charge is -2.18. The SMILES string of the molecule is CCCOC(=O)c1ccc(NC(=O)c2ccc(N3C(=O)[C@H]4CC=C(C)C[C@@H]4C3=O)cc2)cc1. The number of hydrogen-bond donors (Lipinski definition) is 1. The van der Waals surface area contributed by atoms with Crippen molar-refractivity contribution in [3.63, 3.8) is 0 Å². The number of allylic oxidation sites excluding steroid dienone is 2. The van der Waals surface area contributed by atoms with Crippen molar-refractivity contribution < 1.29 is 23.9 Å². The number of carbonyl (C=O) groups is 4. The fourth-order valence-corrected chi connectivity index (χ4v) is 4.22. The number of nitrogens with zero attached hydrogens (tertiary/aromatic N) is 1. The number of ether oxygens (including phenoxy) is 1. The van der Waals surface area contributed by atoms with Crippen LogP contribution in [0.5, 0.6) is 0 Å². The Bertz CT molecular complexity index is 1120. The van der Waals surface area contributed by atoms with Crippen molar-refractivity contribution in [3.05, 3.63) is 71.3 Å². The highest BCUT2D eigenvalue weighted by molar-refractivity contribution is 6.22. The first kappa shape index (κ1) is 22.5. The van der Waals surface area contributed by atoms with Crippen LogP contribution in [0, 0.1) is 11.8 Å². The molecule has 33 heavy (non-hydrogen) atoms. The van der Waals surface area contributed by atoms with Crippen molar-refractivity contribution >= 4 is 35.1 Å². The zero-order valence-corrected chi connectivity index (χ0v) is 18.7. The molecule has 1 N–H and O–H groups in total. The lowest BCUT2D eigenvalue weighted by molar-refractivity contribution is -0.122. The molecule has 0 spiro atoms. The Morgan fingerprint density at radius 2 is 1.61 bits per heavy atom. The van der Waals surface area contributed by atoms with E-state index >= 15 is 0 Å². The van der Waals surface area contributed by atoms with E-state index in [9.17, 15) is 19.2 Å². The van der Waals surface area contributed by atoms with Gasteiger partial charge in [-0.2, -0.15) is 0 Å². The minimum Gasteiger partial charge on any atom is -0.462 e. The molecule has 3 amide bonds. The summed E-state index contributed by atoms with van der Waals surface area (Å²) >= 11 is 0. The maximum Gasteiger partial charge on any atom is 0.338 e. The third-order valence-electron chi connectivity index (χ3n) is 6.03. The van der Waals surface area contributed by atoms with E-state index in [-0.39, 0.29) is 29.6 Å². The third kappa shape index (κ3) is 4.58. The summed E-state index contributed by atoms with van der Waals surface area (Å²) in [7, 11) is 0. The number of hydrogen-bond acceptors (Lipinski definition) is 5. The fraction of sp³-hybridized carbons (Fsp3) is 0.308. The van der Waals surface area contributed by atoms with Crippen molar-refractivity contribution in [2.45, 2.75) is 33.1 Å². The van der Waals surface area contributed by atoms with Crippen LogP contribution in [-0.2, 0) is 14.3 Å². The van der Waals surface area contributed by atoms with E-state index in [1.54, 1.807) is 48.5 Å². The van der Waals surface area contributed by atoms with Gasteiger partial charge in [-0.05, 0) is 74.7 Å². The summed E-state index contributed by atoms with van der Waals surface area (Å²) in [4.78, 5) is 51.4. The molecule has 0 bridgehead atoms. The Balaban J connectivity index is 1.41. The van der Waals surface area contributed by atoms with E-state index in [0.29, 0.717) is 42.0 Å². The number of rotatable bonds is 6. The van der Waals surface area contributed by atoms with Crippen LogP contribution in [0.1, 0.15) is 53.8 Å². The predicted molar refractivity (Wildman–Crippen MR) is 124 cm³/mol. The number of esters is 1. The summed E-state index contributed by atoms with van der Waals surface area (Å²) in [6.45, 7) is 4.26. The normalized spacial score (nSPS) is 19.7. The zero-order valence-electron chi connectivity index (χ0n) is 18.7. The Kier molecular flexibility index (Phi) is 6.40. The number of nitrogens with one attached hydrogen (secondary N) is 1. The molecule has 1 heterocycles. The Labute approximate surface area is 192 Å². The highest BCUT2D eigenvalue weighted by Gasteiger charge is 2.48. The van der Waals surface area contributed by atoms with Gasteiger partial charge in [0.15, 0.2) is 0 Å². The van der Waals surface area contributed by atoms with Gasteiger partial charge in [-0.3, -0.25) is 19.3 Å². The van der Waals surface area contributed by atoms with Gasteiger partial charge in [-0.1, -0.05) is 18.6 Å². The second-order valence-corrected chi connectivity index (χ2v) is 8.43. The third-order valence-corrected chi connectivity index (χ3v) is 6.03. The molecule has 2 aromatic rings. The molecule has 2 atom stereocenters. The van der Waals surface area contributed by atoms with Crippen molar-refractivity contribution in [1.82, 2.24) is 0 Å². The quantitative estimate of drug-likeness (QED) is 0.405. The van der Waals surface area contributed by atoms with Gasteiger partial charge in [0.25, 0.3) is 5.91 Å². The largest absolute Gasteiger partial charge is 0.462 e. The van der Waals surface area contributed by atoms with E-state index in [2.05, 4.69) is 5.32 Å². The van der Waals surface area contributed by atoms with Crippen molar-refractivity contribution in [2.75, 3.05) is 16.8 Å². The number of imide groups is 1. The van der Waals surface area contributed by atoms with Gasteiger partial charge in [-0.15, -0.1) is 0 Å². The molecule has 2 aliphatic rings. The molecule has 0 unspecified atom stereocenters. The van der Waals surface area contributed by atoms with Crippen LogP contribution in [0.3, 0.4) is 0 Å². The van der Waals surface area contributed by atoms with Crippen LogP contribution in [0.2, 0.25) is 0 Å². The molecule has 1 saturated heterocycles. The molecule has 1 fully saturated rings.